The molecule has 0 saturated carbocycles. The van der Waals surface area contributed by atoms with E-state index in [0.29, 0.717) is 19.0 Å². The first kappa shape index (κ1) is 22.4. The Hall–Kier alpha value is -0.620. The lowest BCUT2D eigenvalue weighted by Gasteiger charge is -2.15. The Balaban J connectivity index is 0.00000484. The van der Waals surface area contributed by atoms with Crippen LogP contribution < -0.4 is 15.4 Å². The molecule has 1 rings (SSSR count). The summed E-state index contributed by atoms with van der Waals surface area (Å²) >= 11 is 0. The van der Waals surface area contributed by atoms with Crippen molar-refractivity contribution in [3.05, 3.63) is 0 Å². The fraction of sp³-hybridized carbons (Fsp3) is 0.846. The van der Waals surface area contributed by atoms with Crippen LogP contribution in [-0.2, 0) is 14.8 Å². The number of likely N-dealkylation sites (tertiary alicyclic amines) is 1. The summed E-state index contributed by atoms with van der Waals surface area (Å²) < 4.78 is 25.1. The Morgan fingerprint density at radius 3 is 2.35 bits per heavy atom. The van der Waals surface area contributed by atoms with Gasteiger partial charge in [-0.3, -0.25) is 4.79 Å². The lowest BCUT2D eigenvalue weighted by atomic mass is 10.4. The molecular formula is C13H28IN5O3S. The maximum absolute atomic E-state index is 11.9. The van der Waals surface area contributed by atoms with Gasteiger partial charge in [-0.1, -0.05) is 0 Å². The summed E-state index contributed by atoms with van der Waals surface area (Å²) in [5.74, 6) is 0.609. The van der Waals surface area contributed by atoms with E-state index in [1.165, 1.54) is 0 Å². The van der Waals surface area contributed by atoms with Gasteiger partial charge in [0, 0.05) is 32.7 Å². The number of carbonyl (C=O) groups excluding carboxylic acids is 1. The van der Waals surface area contributed by atoms with Crippen molar-refractivity contribution >= 4 is 45.9 Å². The lowest BCUT2D eigenvalue weighted by molar-refractivity contribution is -0.128. The third kappa shape index (κ3) is 9.30. The van der Waals surface area contributed by atoms with Gasteiger partial charge in [-0.05, 0) is 26.7 Å². The van der Waals surface area contributed by atoms with Crippen molar-refractivity contribution in [2.75, 3.05) is 45.0 Å². The molecule has 0 bridgehead atoms. The van der Waals surface area contributed by atoms with Gasteiger partial charge in [-0.25, -0.2) is 18.1 Å². The predicted molar refractivity (Wildman–Crippen MR) is 103 cm³/mol. The molecule has 1 aliphatic rings. The van der Waals surface area contributed by atoms with E-state index < -0.39 is 10.0 Å². The van der Waals surface area contributed by atoms with E-state index >= 15 is 0 Å². The summed E-state index contributed by atoms with van der Waals surface area (Å²) in [6.45, 7) is 6.61. The SMILES string of the molecule is CCNC(=NCC(=O)N1CCCC1)NCCNS(=O)(=O)CC.I. The molecule has 1 saturated heterocycles. The quantitative estimate of drug-likeness (QED) is 0.200. The molecule has 1 amide bonds. The number of hydrogen-bond acceptors (Lipinski definition) is 4. The zero-order valence-electron chi connectivity index (χ0n) is 13.8. The van der Waals surface area contributed by atoms with Crippen LogP contribution in [0.25, 0.3) is 0 Å². The van der Waals surface area contributed by atoms with Gasteiger partial charge >= 0.3 is 0 Å². The highest BCUT2D eigenvalue weighted by molar-refractivity contribution is 14.0. The van der Waals surface area contributed by atoms with Crippen LogP contribution in [0.15, 0.2) is 4.99 Å². The topological polar surface area (TPSA) is 103 Å². The molecule has 0 spiro atoms. The van der Waals surface area contributed by atoms with Crippen molar-refractivity contribution in [1.82, 2.24) is 20.3 Å². The standard InChI is InChI=1S/C13H27N5O3S.HI/c1-3-14-13(15-7-8-17-22(20,21)4-2)16-11-12(19)18-9-5-6-10-18;/h17H,3-11H2,1-2H3,(H2,14,15,16);1H. The van der Waals surface area contributed by atoms with Gasteiger partial charge < -0.3 is 15.5 Å². The zero-order chi connectivity index (χ0) is 16.4. The second-order valence-electron chi connectivity index (χ2n) is 5.01. The van der Waals surface area contributed by atoms with Crippen molar-refractivity contribution in [1.29, 1.82) is 0 Å². The molecule has 8 nitrogen and oxygen atoms in total. The molecule has 1 aliphatic heterocycles. The molecular weight excluding hydrogens is 433 g/mol. The first-order valence-corrected chi connectivity index (χ1v) is 9.41. The molecule has 10 heteroatoms. The van der Waals surface area contributed by atoms with E-state index in [0.717, 1.165) is 25.9 Å². The fourth-order valence-electron chi connectivity index (χ4n) is 2.04. The Kier molecular flexibility index (Phi) is 11.5. The first-order chi connectivity index (χ1) is 10.5. The fourth-order valence-corrected chi connectivity index (χ4v) is 2.66. The largest absolute Gasteiger partial charge is 0.357 e. The number of nitrogens with one attached hydrogen (secondary N) is 3. The third-order valence-electron chi connectivity index (χ3n) is 3.29. The zero-order valence-corrected chi connectivity index (χ0v) is 16.9. The maximum atomic E-state index is 11.9. The number of sulfonamides is 1. The monoisotopic (exact) mass is 461 g/mol. The summed E-state index contributed by atoms with van der Waals surface area (Å²) in [6.07, 6.45) is 2.12. The van der Waals surface area contributed by atoms with Crippen LogP contribution in [0.4, 0.5) is 0 Å². The van der Waals surface area contributed by atoms with Crippen molar-refractivity contribution in [2.45, 2.75) is 26.7 Å². The van der Waals surface area contributed by atoms with Gasteiger partial charge in [-0.2, -0.15) is 0 Å². The highest BCUT2D eigenvalue weighted by Gasteiger charge is 2.17. The highest BCUT2D eigenvalue weighted by atomic mass is 127. The summed E-state index contributed by atoms with van der Waals surface area (Å²) in [7, 11) is -3.18. The molecule has 136 valence electrons. The van der Waals surface area contributed by atoms with Crippen molar-refractivity contribution in [2.24, 2.45) is 4.99 Å². The van der Waals surface area contributed by atoms with Crippen LogP contribution in [0.5, 0.6) is 0 Å². The number of carbonyl (C=O) groups is 1. The second-order valence-corrected chi connectivity index (χ2v) is 7.10. The number of guanidine groups is 1. The summed E-state index contributed by atoms with van der Waals surface area (Å²) in [5.41, 5.74) is 0. The predicted octanol–water partition coefficient (Wildman–Crippen LogP) is -0.279. The minimum Gasteiger partial charge on any atom is -0.357 e. The van der Waals surface area contributed by atoms with Crippen LogP contribution >= 0.6 is 24.0 Å². The van der Waals surface area contributed by atoms with Gasteiger partial charge in [0.1, 0.15) is 6.54 Å². The van der Waals surface area contributed by atoms with Crippen LogP contribution in [0, 0.1) is 0 Å². The van der Waals surface area contributed by atoms with Gasteiger partial charge in [0.05, 0.1) is 5.75 Å². The van der Waals surface area contributed by atoms with E-state index in [2.05, 4.69) is 20.3 Å². The summed E-state index contributed by atoms with van der Waals surface area (Å²) in [6, 6.07) is 0. The molecule has 0 aromatic carbocycles. The number of aliphatic imine (C=N–C) groups is 1. The molecule has 1 fully saturated rings. The van der Waals surface area contributed by atoms with Gasteiger partial charge in [0.2, 0.25) is 15.9 Å². The van der Waals surface area contributed by atoms with E-state index in [1.807, 2.05) is 11.8 Å². The average molecular weight is 461 g/mol. The number of amides is 1. The number of halogens is 1. The minimum atomic E-state index is -3.18. The summed E-state index contributed by atoms with van der Waals surface area (Å²) in [5, 5.41) is 6.04. The van der Waals surface area contributed by atoms with Crippen LogP contribution in [0.1, 0.15) is 26.7 Å². The van der Waals surface area contributed by atoms with E-state index in [9.17, 15) is 13.2 Å². The normalized spacial score (nSPS) is 15.2. The first-order valence-electron chi connectivity index (χ1n) is 7.75. The third-order valence-corrected chi connectivity index (χ3v) is 4.70. The summed E-state index contributed by atoms with van der Waals surface area (Å²) in [4.78, 5) is 18.0. The smallest absolute Gasteiger partial charge is 0.244 e. The van der Waals surface area contributed by atoms with Gasteiger partial charge in [0.15, 0.2) is 5.96 Å². The van der Waals surface area contributed by atoms with Crippen molar-refractivity contribution in [3.63, 3.8) is 0 Å². The molecule has 3 N–H and O–H groups in total. The van der Waals surface area contributed by atoms with Crippen molar-refractivity contribution < 1.29 is 13.2 Å². The van der Waals surface area contributed by atoms with Gasteiger partial charge in [0.25, 0.3) is 0 Å². The highest BCUT2D eigenvalue weighted by Crippen LogP contribution is 2.07. The van der Waals surface area contributed by atoms with E-state index in [4.69, 9.17) is 0 Å². The molecule has 1 heterocycles. The number of rotatable bonds is 8. The molecule has 23 heavy (non-hydrogen) atoms. The second kappa shape index (κ2) is 11.8. The molecule has 0 aromatic heterocycles. The molecule has 0 aliphatic carbocycles. The number of hydrogen-bond donors (Lipinski definition) is 3. The van der Waals surface area contributed by atoms with Gasteiger partial charge in [-0.15, -0.1) is 24.0 Å². The van der Waals surface area contributed by atoms with Crippen LogP contribution in [0.3, 0.4) is 0 Å². The average Bonchev–Trinajstić information content (AvgIpc) is 3.03. The molecule has 0 atom stereocenters. The number of nitrogens with zero attached hydrogens (tertiary/aromatic N) is 2. The van der Waals surface area contributed by atoms with Crippen molar-refractivity contribution in [3.8, 4) is 0 Å². The Labute approximate surface area is 155 Å². The Morgan fingerprint density at radius 2 is 1.78 bits per heavy atom. The lowest BCUT2D eigenvalue weighted by Crippen LogP contribution is -2.42. The maximum Gasteiger partial charge on any atom is 0.244 e. The Bertz CT molecular complexity index is 478. The van der Waals surface area contributed by atoms with Crippen LogP contribution in [-0.4, -0.2) is 70.2 Å². The molecule has 0 radical (unpaired) electrons. The molecule has 0 unspecified atom stereocenters. The van der Waals surface area contributed by atoms with Crippen LogP contribution in [0.2, 0.25) is 0 Å². The molecule has 0 aromatic rings. The van der Waals surface area contributed by atoms with E-state index in [1.54, 1.807) is 6.92 Å². The van der Waals surface area contributed by atoms with E-state index in [-0.39, 0.29) is 48.7 Å². The Morgan fingerprint density at radius 1 is 1.13 bits per heavy atom. The minimum absolute atomic E-state index is 0.